The van der Waals surface area contributed by atoms with E-state index in [1.807, 2.05) is 6.92 Å². The predicted molar refractivity (Wildman–Crippen MR) is 82.3 cm³/mol. The lowest BCUT2D eigenvalue weighted by Crippen LogP contribution is -2.25. The summed E-state index contributed by atoms with van der Waals surface area (Å²) in [6, 6.07) is 5.19. The molecule has 23 heavy (non-hydrogen) atoms. The van der Waals surface area contributed by atoms with Crippen LogP contribution in [0.5, 0.6) is 0 Å². The number of halogens is 4. The minimum absolute atomic E-state index is 0.0445. The van der Waals surface area contributed by atoms with E-state index in [9.17, 15) is 18.0 Å². The second kappa shape index (κ2) is 6.87. The van der Waals surface area contributed by atoms with E-state index in [0.29, 0.717) is 10.7 Å². The number of benzene rings is 1. The van der Waals surface area contributed by atoms with Crippen molar-refractivity contribution in [1.29, 1.82) is 0 Å². The molecule has 2 aromatic heterocycles. The number of rotatable bonds is 1. The molecule has 0 radical (unpaired) electrons. The number of alkyl halides is 2. The summed E-state index contributed by atoms with van der Waals surface area (Å²) in [5.41, 5.74) is 1.06. The summed E-state index contributed by atoms with van der Waals surface area (Å²) in [6.45, 7) is 1.55. The van der Waals surface area contributed by atoms with Gasteiger partial charge in [0, 0.05) is 17.4 Å². The van der Waals surface area contributed by atoms with Crippen LogP contribution in [0.2, 0.25) is 5.02 Å². The number of aromatic nitrogens is 3. The van der Waals surface area contributed by atoms with Gasteiger partial charge in [-0.3, -0.25) is 9.20 Å². The highest BCUT2D eigenvalue weighted by Crippen LogP contribution is 2.19. The Kier molecular flexibility index (Phi) is 5.10. The van der Waals surface area contributed by atoms with E-state index in [0.717, 1.165) is 5.56 Å². The average molecular weight is 344 g/mol. The molecule has 4 nitrogen and oxygen atoms in total. The number of hydrogen-bond acceptors (Lipinski definition) is 2. The van der Waals surface area contributed by atoms with Crippen molar-refractivity contribution in [2.24, 2.45) is 0 Å². The summed E-state index contributed by atoms with van der Waals surface area (Å²) >= 11 is 5.99. The van der Waals surface area contributed by atoms with Crippen LogP contribution in [0.3, 0.4) is 0 Å². The van der Waals surface area contributed by atoms with Crippen molar-refractivity contribution in [3.63, 3.8) is 0 Å². The smallest absolute Gasteiger partial charge is 0.265 e. The molecule has 0 bridgehead atoms. The molecule has 0 aliphatic rings. The molecule has 3 rings (SSSR count). The molecule has 3 aromatic rings. The van der Waals surface area contributed by atoms with E-state index in [1.54, 1.807) is 18.2 Å². The molecule has 0 unspecified atom stereocenters. The first-order valence-electron chi connectivity index (χ1n) is 6.55. The zero-order chi connectivity index (χ0) is 17.1. The van der Waals surface area contributed by atoms with Gasteiger partial charge < -0.3 is 0 Å². The zero-order valence-electron chi connectivity index (χ0n) is 12.4. The number of fused-ring (bicyclic) bond motifs is 1. The molecule has 1 aromatic carbocycles. The largest absolute Gasteiger partial charge is 0.268 e. The monoisotopic (exact) mass is 343 g/mol. The van der Waals surface area contributed by atoms with E-state index < -0.39 is 18.4 Å². The summed E-state index contributed by atoms with van der Waals surface area (Å²) in [5.74, 6) is -0.357. The Balaban J connectivity index is 0.000000595. The molecule has 2 heterocycles. The standard InChI is InChI=1S/C14H11ClFN3O.CH2F2/c1-8-7-10(3-4-11(8)15)19-13(20)9(2)12(16)18-6-5-17-14(18)19;2-1-3/h3-7H,1-2H3;1H2. The minimum atomic E-state index is -1.75. The van der Waals surface area contributed by atoms with Crippen molar-refractivity contribution >= 4 is 17.4 Å². The number of aryl methyl sites for hydroxylation is 1. The van der Waals surface area contributed by atoms with Crippen molar-refractivity contribution in [2.45, 2.75) is 13.8 Å². The third-order valence-electron chi connectivity index (χ3n) is 3.27. The van der Waals surface area contributed by atoms with Gasteiger partial charge in [0.15, 0.2) is 0 Å². The van der Waals surface area contributed by atoms with Crippen molar-refractivity contribution < 1.29 is 13.2 Å². The average Bonchev–Trinajstić information content (AvgIpc) is 2.99. The third kappa shape index (κ3) is 3.10. The van der Waals surface area contributed by atoms with Gasteiger partial charge in [-0.25, -0.2) is 18.3 Å². The van der Waals surface area contributed by atoms with Gasteiger partial charge in [-0.2, -0.15) is 4.39 Å². The second-order valence-corrected chi connectivity index (χ2v) is 5.10. The fraction of sp³-hybridized carbons (Fsp3) is 0.200. The first-order chi connectivity index (χ1) is 10.9. The van der Waals surface area contributed by atoms with Crippen molar-refractivity contribution in [1.82, 2.24) is 14.0 Å². The molecule has 0 atom stereocenters. The molecule has 0 spiro atoms. The summed E-state index contributed by atoms with van der Waals surface area (Å²) in [5, 5.41) is 0.611. The third-order valence-corrected chi connectivity index (χ3v) is 3.69. The predicted octanol–water partition coefficient (Wildman–Crippen LogP) is 3.78. The highest BCUT2D eigenvalue weighted by Gasteiger charge is 2.15. The van der Waals surface area contributed by atoms with E-state index in [2.05, 4.69) is 4.98 Å². The number of hydrogen-bond donors (Lipinski definition) is 0. The van der Waals surface area contributed by atoms with Gasteiger partial charge in [0.1, 0.15) is 0 Å². The molecule has 0 saturated carbocycles. The molecule has 0 amide bonds. The van der Waals surface area contributed by atoms with Crippen LogP contribution >= 0.6 is 11.6 Å². The lowest BCUT2D eigenvalue weighted by Gasteiger charge is -2.11. The van der Waals surface area contributed by atoms with Gasteiger partial charge in [-0.1, -0.05) is 11.6 Å². The van der Waals surface area contributed by atoms with Gasteiger partial charge in [-0.05, 0) is 37.6 Å². The van der Waals surface area contributed by atoms with Crippen LogP contribution in [-0.4, -0.2) is 20.9 Å². The molecule has 0 aliphatic heterocycles. The van der Waals surface area contributed by atoms with Crippen LogP contribution in [0, 0.1) is 19.8 Å². The molecular formula is C15H13ClF3N3O. The normalized spacial score (nSPS) is 10.5. The fourth-order valence-corrected chi connectivity index (χ4v) is 2.26. The topological polar surface area (TPSA) is 39.3 Å². The molecule has 8 heteroatoms. The van der Waals surface area contributed by atoms with Crippen LogP contribution in [0.25, 0.3) is 11.5 Å². The Labute approximate surface area is 134 Å². The molecule has 0 aliphatic carbocycles. The summed E-state index contributed by atoms with van der Waals surface area (Å²) in [4.78, 5) is 16.4. The maximum atomic E-state index is 14.0. The Morgan fingerprint density at radius 1 is 1.26 bits per heavy atom. The first-order valence-corrected chi connectivity index (χ1v) is 6.92. The second-order valence-electron chi connectivity index (χ2n) is 4.69. The lowest BCUT2D eigenvalue weighted by molar-refractivity contribution is 0.295. The van der Waals surface area contributed by atoms with Crippen LogP contribution in [0.1, 0.15) is 11.1 Å². The van der Waals surface area contributed by atoms with E-state index >= 15 is 0 Å². The van der Waals surface area contributed by atoms with Crippen molar-refractivity contribution in [3.05, 3.63) is 63.0 Å². The summed E-state index contributed by atoms with van der Waals surface area (Å²) in [6.07, 6.45) is 2.94. The van der Waals surface area contributed by atoms with Gasteiger partial charge in [0.25, 0.3) is 5.56 Å². The molecular weight excluding hydrogens is 331 g/mol. The number of imidazole rings is 1. The Hall–Kier alpha value is -2.28. The van der Waals surface area contributed by atoms with Crippen LogP contribution in [0.15, 0.2) is 35.4 Å². The molecule has 122 valence electrons. The van der Waals surface area contributed by atoms with Gasteiger partial charge in [0.2, 0.25) is 18.7 Å². The zero-order valence-corrected chi connectivity index (χ0v) is 13.1. The highest BCUT2D eigenvalue weighted by molar-refractivity contribution is 6.31. The van der Waals surface area contributed by atoms with Gasteiger partial charge in [-0.15, -0.1) is 0 Å². The van der Waals surface area contributed by atoms with Gasteiger partial charge >= 0.3 is 0 Å². The maximum absolute atomic E-state index is 14.0. The van der Waals surface area contributed by atoms with Crippen LogP contribution in [0.4, 0.5) is 13.2 Å². The van der Waals surface area contributed by atoms with E-state index in [1.165, 1.54) is 28.3 Å². The quantitative estimate of drug-likeness (QED) is 0.631. The Morgan fingerprint density at radius 3 is 2.52 bits per heavy atom. The Morgan fingerprint density at radius 2 is 1.91 bits per heavy atom. The van der Waals surface area contributed by atoms with E-state index in [-0.39, 0.29) is 11.3 Å². The SMILES string of the molecule is Cc1cc(-n2c(=O)c(C)c(F)n3ccnc23)ccc1Cl.FCF. The molecule has 0 N–H and O–H groups in total. The summed E-state index contributed by atoms with van der Waals surface area (Å²) in [7, 11) is 0. The van der Waals surface area contributed by atoms with Crippen molar-refractivity contribution in [2.75, 3.05) is 6.93 Å². The van der Waals surface area contributed by atoms with Crippen LogP contribution < -0.4 is 5.56 Å². The van der Waals surface area contributed by atoms with Gasteiger partial charge in [0.05, 0.1) is 11.3 Å². The minimum Gasteiger partial charge on any atom is -0.268 e. The Bertz CT molecular complexity index is 905. The maximum Gasteiger partial charge on any atom is 0.265 e. The molecule has 0 saturated heterocycles. The van der Waals surface area contributed by atoms with Crippen LogP contribution in [-0.2, 0) is 0 Å². The van der Waals surface area contributed by atoms with Crippen molar-refractivity contribution in [3.8, 4) is 5.69 Å². The lowest BCUT2D eigenvalue weighted by atomic mass is 10.2. The molecule has 0 fully saturated rings. The fourth-order valence-electron chi connectivity index (χ4n) is 2.14. The number of nitrogens with zero attached hydrogens (tertiary/aromatic N) is 3. The van der Waals surface area contributed by atoms with E-state index in [4.69, 9.17) is 11.6 Å². The highest BCUT2D eigenvalue weighted by atomic mass is 35.5. The first kappa shape index (κ1) is 17.1. The summed E-state index contributed by atoms with van der Waals surface area (Å²) < 4.78 is 35.9.